The molecule has 2 fully saturated rings. The second-order valence-electron chi connectivity index (χ2n) is 6.64. The zero-order valence-corrected chi connectivity index (χ0v) is 13.3. The molecule has 0 spiro atoms. The summed E-state index contributed by atoms with van der Waals surface area (Å²) in [7, 11) is 0. The average Bonchev–Trinajstić information content (AvgIpc) is 3.23. The number of aryl methyl sites for hydroxylation is 1. The molecular formula is C17H22N4O2. The van der Waals surface area contributed by atoms with E-state index in [0.717, 1.165) is 29.9 Å². The lowest BCUT2D eigenvalue weighted by Gasteiger charge is -2.25. The van der Waals surface area contributed by atoms with Crippen LogP contribution in [0.15, 0.2) is 18.2 Å². The molecule has 6 nitrogen and oxygen atoms in total. The van der Waals surface area contributed by atoms with E-state index in [1.165, 1.54) is 12.8 Å². The molecule has 2 aromatic rings. The highest BCUT2D eigenvalue weighted by Gasteiger charge is 2.38. The van der Waals surface area contributed by atoms with E-state index in [1.54, 1.807) is 4.90 Å². The van der Waals surface area contributed by atoms with Gasteiger partial charge in [-0.25, -0.2) is 4.98 Å². The summed E-state index contributed by atoms with van der Waals surface area (Å²) < 4.78 is 0. The highest BCUT2D eigenvalue weighted by molar-refractivity contribution is 5.97. The van der Waals surface area contributed by atoms with Crippen LogP contribution in [0, 0.1) is 6.92 Å². The number of hydrogen-bond acceptors (Lipinski definition) is 4. The standard InChI is InChI=1S/C17H22N4O2/c1-11-18-13-5-4-12(8-14(13)19-11)17(23)21-9-15(16(22)10-21)20-6-2-3-7-20/h4-5,8,15-16,22H,2-3,6-7,9-10H2,1H3,(H,18,19)/t15-,16-/m1/s1. The van der Waals surface area contributed by atoms with E-state index in [2.05, 4.69) is 14.9 Å². The second kappa shape index (κ2) is 5.62. The van der Waals surface area contributed by atoms with Gasteiger partial charge in [0.05, 0.1) is 23.2 Å². The van der Waals surface area contributed by atoms with Crippen molar-refractivity contribution in [2.45, 2.75) is 31.9 Å². The number of H-pyrrole nitrogens is 1. The van der Waals surface area contributed by atoms with Crippen LogP contribution in [0.2, 0.25) is 0 Å². The summed E-state index contributed by atoms with van der Waals surface area (Å²) in [5.74, 6) is 0.829. The fourth-order valence-corrected chi connectivity index (χ4v) is 3.82. The number of aliphatic hydroxyl groups excluding tert-OH is 1. The molecule has 4 rings (SSSR count). The lowest BCUT2D eigenvalue weighted by molar-refractivity contribution is 0.0763. The first kappa shape index (κ1) is 14.7. The number of aromatic amines is 1. The summed E-state index contributed by atoms with van der Waals surface area (Å²) in [4.78, 5) is 24.4. The molecule has 6 heteroatoms. The van der Waals surface area contributed by atoms with Crippen molar-refractivity contribution in [2.75, 3.05) is 26.2 Å². The third-order valence-corrected chi connectivity index (χ3v) is 5.00. The number of aliphatic hydroxyl groups is 1. The number of nitrogens with one attached hydrogen (secondary N) is 1. The number of imidazole rings is 1. The molecule has 3 heterocycles. The Hall–Kier alpha value is -1.92. The summed E-state index contributed by atoms with van der Waals surface area (Å²) >= 11 is 0. The number of fused-ring (bicyclic) bond motifs is 1. The Kier molecular flexibility index (Phi) is 3.58. The normalized spacial score (nSPS) is 25.6. The van der Waals surface area contributed by atoms with E-state index < -0.39 is 6.10 Å². The molecule has 1 amide bonds. The molecule has 0 radical (unpaired) electrons. The number of nitrogens with zero attached hydrogens (tertiary/aromatic N) is 3. The fourth-order valence-electron chi connectivity index (χ4n) is 3.82. The van der Waals surface area contributed by atoms with E-state index in [-0.39, 0.29) is 11.9 Å². The first-order valence-electron chi connectivity index (χ1n) is 8.29. The Morgan fingerprint density at radius 1 is 1.30 bits per heavy atom. The summed E-state index contributed by atoms with van der Waals surface area (Å²) in [6.07, 6.45) is 1.93. The number of hydrogen-bond donors (Lipinski definition) is 2. The van der Waals surface area contributed by atoms with Crippen molar-refractivity contribution in [3.63, 3.8) is 0 Å². The average molecular weight is 314 g/mol. The van der Waals surface area contributed by atoms with Crippen LogP contribution in [0.4, 0.5) is 0 Å². The van der Waals surface area contributed by atoms with Crippen molar-refractivity contribution in [2.24, 2.45) is 0 Å². The molecule has 0 bridgehead atoms. The predicted octanol–water partition coefficient (Wildman–Crippen LogP) is 1.15. The lowest BCUT2D eigenvalue weighted by Crippen LogP contribution is -2.41. The van der Waals surface area contributed by atoms with Crippen LogP contribution in [-0.2, 0) is 0 Å². The second-order valence-corrected chi connectivity index (χ2v) is 6.64. The van der Waals surface area contributed by atoms with Gasteiger partial charge in [0.25, 0.3) is 5.91 Å². The molecule has 0 unspecified atom stereocenters. The number of likely N-dealkylation sites (tertiary alicyclic amines) is 2. The number of rotatable bonds is 2. The topological polar surface area (TPSA) is 72.5 Å². The van der Waals surface area contributed by atoms with Gasteiger partial charge in [-0.1, -0.05) is 0 Å². The van der Waals surface area contributed by atoms with Crippen molar-refractivity contribution in [3.05, 3.63) is 29.6 Å². The van der Waals surface area contributed by atoms with Gasteiger partial charge in [-0.15, -0.1) is 0 Å². The summed E-state index contributed by atoms with van der Waals surface area (Å²) in [5, 5.41) is 10.3. The number of carbonyl (C=O) groups is 1. The minimum absolute atomic E-state index is 0.0140. The van der Waals surface area contributed by atoms with Crippen LogP contribution in [0.5, 0.6) is 0 Å². The minimum Gasteiger partial charge on any atom is -0.390 e. The maximum atomic E-state index is 12.8. The molecule has 1 aromatic heterocycles. The molecule has 2 saturated heterocycles. The highest BCUT2D eigenvalue weighted by atomic mass is 16.3. The summed E-state index contributed by atoms with van der Waals surface area (Å²) in [6.45, 7) is 4.99. The molecule has 23 heavy (non-hydrogen) atoms. The molecule has 1 aromatic carbocycles. The van der Waals surface area contributed by atoms with Crippen molar-refractivity contribution < 1.29 is 9.90 Å². The van der Waals surface area contributed by atoms with E-state index in [0.29, 0.717) is 18.7 Å². The van der Waals surface area contributed by atoms with E-state index >= 15 is 0 Å². The van der Waals surface area contributed by atoms with Gasteiger partial charge in [-0.05, 0) is 51.1 Å². The quantitative estimate of drug-likeness (QED) is 0.872. The Bertz CT molecular complexity index is 735. The molecule has 0 saturated carbocycles. The van der Waals surface area contributed by atoms with Crippen molar-refractivity contribution >= 4 is 16.9 Å². The monoisotopic (exact) mass is 314 g/mol. The number of benzene rings is 1. The van der Waals surface area contributed by atoms with Gasteiger partial charge in [-0.2, -0.15) is 0 Å². The number of carbonyl (C=O) groups excluding carboxylic acids is 1. The van der Waals surface area contributed by atoms with Gasteiger partial charge >= 0.3 is 0 Å². The molecular weight excluding hydrogens is 292 g/mol. The highest BCUT2D eigenvalue weighted by Crippen LogP contribution is 2.23. The zero-order valence-electron chi connectivity index (χ0n) is 13.3. The SMILES string of the molecule is Cc1nc2ccc(C(=O)N3C[C@@H](O)[C@H](N4CCCC4)C3)cc2[nH]1. The van der Waals surface area contributed by atoms with Gasteiger partial charge in [0.1, 0.15) is 5.82 Å². The number of aromatic nitrogens is 2. The van der Waals surface area contributed by atoms with Crippen LogP contribution >= 0.6 is 0 Å². The Labute approximate surface area is 135 Å². The smallest absolute Gasteiger partial charge is 0.254 e. The molecule has 2 aliphatic rings. The van der Waals surface area contributed by atoms with Crippen LogP contribution in [0.3, 0.4) is 0 Å². The molecule has 0 aliphatic carbocycles. The molecule has 2 N–H and O–H groups in total. The predicted molar refractivity (Wildman–Crippen MR) is 87.3 cm³/mol. The van der Waals surface area contributed by atoms with E-state index in [4.69, 9.17) is 0 Å². The third-order valence-electron chi connectivity index (χ3n) is 5.00. The summed E-state index contributed by atoms with van der Waals surface area (Å²) in [6, 6.07) is 5.63. The first-order chi connectivity index (χ1) is 11.1. The minimum atomic E-state index is -0.449. The van der Waals surface area contributed by atoms with Gasteiger partial charge in [0.15, 0.2) is 0 Å². The van der Waals surface area contributed by atoms with E-state index in [9.17, 15) is 9.90 Å². The Morgan fingerprint density at radius 3 is 2.87 bits per heavy atom. The van der Waals surface area contributed by atoms with Crippen LogP contribution < -0.4 is 0 Å². The zero-order chi connectivity index (χ0) is 16.0. The van der Waals surface area contributed by atoms with Crippen molar-refractivity contribution in [3.8, 4) is 0 Å². The maximum Gasteiger partial charge on any atom is 0.254 e. The third kappa shape index (κ3) is 2.62. The first-order valence-corrected chi connectivity index (χ1v) is 8.29. The van der Waals surface area contributed by atoms with Crippen molar-refractivity contribution in [1.29, 1.82) is 0 Å². The van der Waals surface area contributed by atoms with Gasteiger partial charge in [0.2, 0.25) is 0 Å². The van der Waals surface area contributed by atoms with E-state index in [1.807, 2.05) is 25.1 Å². The molecule has 2 atom stereocenters. The maximum absolute atomic E-state index is 12.8. The lowest BCUT2D eigenvalue weighted by atomic mass is 10.2. The fraction of sp³-hybridized carbons (Fsp3) is 0.529. The molecule has 122 valence electrons. The Morgan fingerprint density at radius 2 is 2.09 bits per heavy atom. The van der Waals surface area contributed by atoms with Crippen LogP contribution in [-0.4, -0.2) is 69.1 Å². The summed E-state index contributed by atoms with van der Waals surface area (Å²) in [5.41, 5.74) is 2.40. The van der Waals surface area contributed by atoms with Gasteiger partial charge in [0, 0.05) is 18.7 Å². The number of amides is 1. The van der Waals surface area contributed by atoms with Crippen LogP contribution in [0.1, 0.15) is 29.0 Å². The Balaban J connectivity index is 1.53. The van der Waals surface area contributed by atoms with Crippen molar-refractivity contribution in [1.82, 2.24) is 19.8 Å². The van der Waals surface area contributed by atoms with Gasteiger partial charge in [-0.3, -0.25) is 9.69 Å². The molecule has 2 aliphatic heterocycles. The van der Waals surface area contributed by atoms with Gasteiger partial charge < -0.3 is 15.0 Å². The van der Waals surface area contributed by atoms with Crippen LogP contribution in [0.25, 0.3) is 11.0 Å². The largest absolute Gasteiger partial charge is 0.390 e. The number of β-amino-alcohol motifs (C(OH)–C–C–N with tert-alkyl or cyclic N) is 1.